The van der Waals surface area contributed by atoms with E-state index >= 15 is 0 Å². The Hall–Kier alpha value is -3.18. The first-order valence-electron chi connectivity index (χ1n) is 9.44. The van der Waals surface area contributed by atoms with Crippen molar-refractivity contribution in [1.82, 2.24) is 0 Å². The van der Waals surface area contributed by atoms with E-state index in [2.05, 4.69) is 0 Å². The van der Waals surface area contributed by atoms with E-state index in [1.165, 1.54) is 11.3 Å². The highest BCUT2D eigenvalue weighted by Gasteiger charge is 2.38. The molecule has 0 saturated heterocycles. The predicted octanol–water partition coefficient (Wildman–Crippen LogP) is 5.01. The van der Waals surface area contributed by atoms with Crippen LogP contribution < -0.4 is 10.6 Å². The first kappa shape index (κ1) is 19.2. The third-order valence-electron chi connectivity index (χ3n) is 5.49. The molecule has 0 aliphatic carbocycles. The van der Waals surface area contributed by atoms with Crippen LogP contribution in [0, 0.1) is 0 Å². The molecule has 146 valence electrons. The monoisotopic (exact) mass is 402 g/mol. The van der Waals surface area contributed by atoms with Crippen molar-refractivity contribution in [3.63, 3.8) is 0 Å². The Kier molecular flexibility index (Phi) is 4.84. The molecule has 0 saturated carbocycles. The number of nitrogen functional groups attached to an aromatic ring is 1. The van der Waals surface area contributed by atoms with Crippen LogP contribution in [-0.4, -0.2) is 18.6 Å². The van der Waals surface area contributed by atoms with Crippen LogP contribution >= 0.6 is 11.3 Å². The van der Waals surface area contributed by atoms with E-state index in [9.17, 15) is 9.59 Å². The molecule has 0 spiro atoms. The second-order valence-electron chi connectivity index (χ2n) is 7.22. The van der Waals surface area contributed by atoms with Gasteiger partial charge in [0.1, 0.15) is 9.88 Å². The molecule has 4 rings (SSSR count). The van der Waals surface area contributed by atoms with Crippen LogP contribution in [0.25, 0.3) is 0 Å². The summed E-state index contributed by atoms with van der Waals surface area (Å²) in [7, 11) is 1.92. The molecule has 29 heavy (non-hydrogen) atoms. The number of allylic oxidation sites excluding steroid dienone is 2. The summed E-state index contributed by atoms with van der Waals surface area (Å²) in [4.78, 5) is 28.3. The Morgan fingerprint density at radius 1 is 1.00 bits per heavy atom. The maximum Gasteiger partial charge on any atom is 0.205 e. The molecule has 3 aromatic rings. The molecule has 4 nitrogen and oxygen atoms in total. The lowest BCUT2D eigenvalue weighted by Gasteiger charge is -2.34. The van der Waals surface area contributed by atoms with Gasteiger partial charge < -0.3 is 10.6 Å². The first-order chi connectivity index (χ1) is 13.9. The number of rotatable bonds is 4. The van der Waals surface area contributed by atoms with Gasteiger partial charge in [-0.1, -0.05) is 60.7 Å². The number of fused-ring (bicyclic) bond motifs is 1. The van der Waals surface area contributed by atoms with Crippen LogP contribution in [0.3, 0.4) is 0 Å². The minimum atomic E-state index is -0.284. The molecule has 1 aliphatic heterocycles. The van der Waals surface area contributed by atoms with E-state index < -0.39 is 0 Å². The number of carbonyl (C=O) groups excluding carboxylic acids is 2. The summed E-state index contributed by atoms with van der Waals surface area (Å²) in [5.74, 6) is -0.367. The minimum absolute atomic E-state index is 0.00962. The fourth-order valence-corrected chi connectivity index (χ4v) is 5.22. The second kappa shape index (κ2) is 7.33. The summed E-state index contributed by atoms with van der Waals surface area (Å²) in [6, 6.07) is 19.0. The van der Waals surface area contributed by atoms with Gasteiger partial charge in [0.25, 0.3) is 0 Å². The Bertz CT molecular complexity index is 1130. The molecule has 0 bridgehead atoms. The third-order valence-corrected chi connectivity index (χ3v) is 6.79. The highest BCUT2D eigenvalue weighted by Crippen LogP contribution is 2.52. The van der Waals surface area contributed by atoms with Crippen molar-refractivity contribution in [2.24, 2.45) is 0 Å². The summed E-state index contributed by atoms with van der Waals surface area (Å²) >= 11 is 1.39. The average Bonchev–Trinajstić information content (AvgIpc) is 3.08. The Morgan fingerprint density at radius 3 is 2.17 bits per heavy atom. The van der Waals surface area contributed by atoms with Crippen molar-refractivity contribution < 1.29 is 9.59 Å². The zero-order chi connectivity index (χ0) is 20.7. The molecule has 1 unspecified atom stereocenters. The number of benzene rings is 2. The Morgan fingerprint density at radius 2 is 1.59 bits per heavy atom. The van der Waals surface area contributed by atoms with E-state index in [0.29, 0.717) is 16.1 Å². The van der Waals surface area contributed by atoms with Gasteiger partial charge in [0.15, 0.2) is 5.78 Å². The standard InChI is InChI=1S/C24H22N2O2S/c1-14-18(15(2)27)19(16-10-6-4-7-11-16)20-21(25)23(29-24(20)26(14)3)22(28)17-12-8-5-9-13-17/h4-13,19H,25H2,1-3H3. The summed E-state index contributed by atoms with van der Waals surface area (Å²) in [5.41, 5.74) is 11.1. The number of ketones is 2. The van der Waals surface area contributed by atoms with E-state index in [1.54, 1.807) is 19.1 Å². The predicted molar refractivity (Wildman–Crippen MR) is 119 cm³/mol. The van der Waals surface area contributed by atoms with Crippen molar-refractivity contribution >= 4 is 33.6 Å². The number of hydrogen-bond acceptors (Lipinski definition) is 5. The normalized spacial score (nSPS) is 16.0. The minimum Gasteiger partial charge on any atom is -0.397 e. The van der Waals surface area contributed by atoms with Crippen molar-refractivity contribution in [2.75, 3.05) is 17.7 Å². The number of nitrogens with two attached hydrogens (primary N) is 1. The van der Waals surface area contributed by atoms with Crippen molar-refractivity contribution in [3.8, 4) is 0 Å². The third kappa shape index (κ3) is 3.08. The SMILES string of the molecule is CC(=O)C1=C(C)N(C)c2sc(C(=O)c3ccccc3)c(N)c2C1c1ccccc1. The van der Waals surface area contributed by atoms with E-state index in [1.807, 2.05) is 67.4 Å². The molecule has 2 heterocycles. The Labute approximate surface area is 174 Å². The van der Waals surface area contributed by atoms with Crippen molar-refractivity contribution in [2.45, 2.75) is 19.8 Å². The van der Waals surface area contributed by atoms with Gasteiger partial charge in [-0.25, -0.2) is 0 Å². The molecule has 1 aliphatic rings. The maximum atomic E-state index is 13.2. The van der Waals surface area contributed by atoms with Gasteiger partial charge >= 0.3 is 0 Å². The smallest absolute Gasteiger partial charge is 0.205 e. The summed E-state index contributed by atoms with van der Waals surface area (Å²) in [5, 5.41) is 0.915. The van der Waals surface area contributed by atoms with Gasteiger partial charge in [-0.2, -0.15) is 0 Å². The van der Waals surface area contributed by atoms with E-state index in [0.717, 1.165) is 27.4 Å². The summed E-state index contributed by atoms with van der Waals surface area (Å²) < 4.78 is 0. The van der Waals surface area contributed by atoms with Gasteiger partial charge in [0.2, 0.25) is 5.78 Å². The quantitative estimate of drug-likeness (QED) is 0.624. The number of hydrogen-bond donors (Lipinski definition) is 1. The second-order valence-corrected chi connectivity index (χ2v) is 8.22. The van der Waals surface area contributed by atoms with Crippen LogP contribution in [0.5, 0.6) is 0 Å². The number of Topliss-reactive ketones (excluding diaryl/α,β-unsaturated/α-hetero) is 1. The Balaban J connectivity index is 1.95. The van der Waals surface area contributed by atoms with Crippen LogP contribution in [0.1, 0.15) is 46.1 Å². The van der Waals surface area contributed by atoms with E-state index in [-0.39, 0.29) is 17.5 Å². The van der Waals surface area contributed by atoms with Gasteiger partial charge in [-0.3, -0.25) is 9.59 Å². The van der Waals surface area contributed by atoms with Gasteiger partial charge in [-0.05, 0) is 19.4 Å². The first-order valence-corrected chi connectivity index (χ1v) is 10.3. The molecule has 1 atom stereocenters. The number of nitrogens with zero attached hydrogens (tertiary/aromatic N) is 1. The highest BCUT2D eigenvalue weighted by atomic mass is 32.1. The van der Waals surface area contributed by atoms with Crippen LogP contribution in [-0.2, 0) is 4.79 Å². The average molecular weight is 403 g/mol. The van der Waals surface area contributed by atoms with Crippen LogP contribution in [0.15, 0.2) is 71.9 Å². The number of anilines is 2. The number of thiophene rings is 1. The topological polar surface area (TPSA) is 63.4 Å². The molecule has 0 radical (unpaired) electrons. The van der Waals surface area contributed by atoms with Crippen LogP contribution in [0.4, 0.5) is 10.7 Å². The molecular formula is C24H22N2O2S. The number of carbonyl (C=O) groups is 2. The molecule has 2 N–H and O–H groups in total. The van der Waals surface area contributed by atoms with Crippen LogP contribution in [0.2, 0.25) is 0 Å². The van der Waals surface area contributed by atoms with E-state index in [4.69, 9.17) is 5.73 Å². The zero-order valence-corrected chi connectivity index (χ0v) is 17.4. The zero-order valence-electron chi connectivity index (χ0n) is 16.6. The summed E-state index contributed by atoms with van der Waals surface area (Å²) in [6.45, 7) is 3.54. The maximum absolute atomic E-state index is 13.2. The van der Waals surface area contributed by atoms with Crippen molar-refractivity contribution in [3.05, 3.63) is 93.5 Å². The molecule has 1 aromatic heterocycles. The molecular weight excluding hydrogens is 380 g/mol. The largest absolute Gasteiger partial charge is 0.397 e. The lowest BCUT2D eigenvalue weighted by Crippen LogP contribution is -2.28. The van der Waals surface area contributed by atoms with Gasteiger partial charge in [0.05, 0.1) is 5.69 Å². The molecule has 0 amide bonds. The fraction of sp³-hybridized carbons (Fsp3) is 0.167. The van der Waals surface area contributed by atoms with Gasteiger partial charge in [0, 0.05) is 35.4 Å². The molecule has 5 heteroatoms. The fourth-order valence-electron chi connectivity index (χ4n) is 3.98. The lowest BCUT2D eigenvalue weighted by molar-refractivity contribution is -0.113. The highest BCUT2D eigenvalue weighted by molar-refractivity contribution is 7.19. The molecule has 2 aromatic carbocycles. The molecule has 0 fully saturated rings. The lowest BCUT2D eigenvalue weighted by atomic mass is 9.80. The van der Waals surface area contributed by atoms with Gasteiger partial charge in [-0.15, -0.1) is 11.3 Å². The van der Waals surface area contributed by atoms with Crippen molar-refractivity contribution in [1.29, 1.82) is 0 Å². The summed E-state index contributed by atoms with van der Waals surface area (Å²) in [6.07, 6.45) is 0.